The van der Waals surface area contributed by atoms with Crippen LogP contribution in [0, 0.1) is 0 Å². The Morgan fingerprint density at radius 1 is 1.45 bits per heavy atom. The predicted molar refractivity (Wildman–Crippen MR) is 97.0 cm³/mol. The molecule has 0 bridgehead atoms. The maximum atomic E-state index is 4.36. The number of likely N-dealkylation sites (N-methyl/N-ethyl adjacent to an activating group) is 1. The SMILES string of the molecule is CCN1CCCCC1CNC(=NC)NCC(C)c1ccsc1. The van der Waals surface area contributed by atoms with Crippen molar-refractivity contribution >= 4 is 17.3 Å². The molecule has 1 fully saturated rings. The van der Waals surface area contributed by atoms with Gasteiger partial charge in [-0.1, -0.05) is 20.3 Å². The second kappa shape index (κ2) is 9.16. The first-order chi connectivity index (χ1) is 10.7. The number of nitrogens with zero attached hydrogens (tertiary/aromatic N) is 2. The number of hydrogen-bond acceptors (Lipinski definition) is 3. The van der Waals surface area contributed by atoms with Crippen LogP contribution >= 0.6 is 11.3 Å². The molecule has 1 aromatic rings. The molecule has 0 saturated carbocycles. The molecule has 1 saturated heterocycles. The summed E-state index contributed by atoms with van der Waals surface area (Å²) in [5.41, 5.74) is 1.40. The summed E-state index contributed by atoms with van der Waals surface area (Å²) in [5, 5.41) is 11.3. The van der Waals surface area contributed by atoms with Crippen LogP contribution in [-0.2, 0) is 0 Å². The van der Waals surface area contributed by atoms with E-state index in [4.69, 9.17) is 0 Å². The lowest BCUT2D eigenvalue weighted by molar-refractivity contribution is 0.157. The van der Waals surface area contributed by atoms with E-state index in [1.165, 1.54) is 31.4 Å². The van der Waals surface area contributed by atoms with E-state index < -0.39 is 0 Å². The van der Waals surface area contributed by atoms with Gasteiger partial charge in [-0.15, -0.1) is 0 Å². The van der Waals surface area contributed by atoms with E-state index in [2.05, 4.69) is 51.2 Å². The smallest absolute Gasteiger partial charge is 0.191 e. The summed E-state index contributed by atoms with van der Waals surface area (Å²) in [4.78, 5) is 6.94. The third-order valence-corrected chi connectivity index (χ3v) is 5.27. The van der Waals surface area contributed by atoms with E-state index >= 15 is 0 Å². The number of piperidine rings is 1. The molecular weight excluding hydrogens is 292 g/mol. The van der Waals surface area contributed by atoms with Gasteiger partial charge in [0.05, 0.1) is 0 Å². The van der Waals surface area contributed by atoms with E-state index in [1.54, 1.807) is 11.3 Å². The lowest BCUT2D eigenvalue weighted by atomic mass is 10.0. The Labute approximate surface area is 139 Å². The molecule has 0 aromatic carbocycles. The highest BCUT2D eigenvalue weighted by Gasteiger charge is 2.20. The van der Waals surface area contributed by atoms with Crippen molar-refractivity contribution in [3.05, 3.63) is 22.4 Å². The largest absolute Gasteiger partial charge is 0.356 e. The van der Waals surface area contributed by atoms with Crippen molar-refractivity contribution in [2.75, 3.05) is 33.2 Å². The molecule has 0 aliphatic carbocycles. The van der Waals surface area contributed by atoms with Gasteiger partial charge in [0, 0.05) is 26.2 Å². The van der Waals surface area contributed by atoms with Gasteiger partial charge in [-0.2, -0.15) is 11.3 Å². The lowest BCUT2D eigenvalue weighted by Crippen LogP contribution is -2.49. The molecule has 2 rings (SSSR count). The highest BCUT2D eigenvalue weighted by molar-refractivity contribution is 7.07. The van der Waals surface area contributed by atoms with Gasteiger partial charge in [-0.3, -0.25) is 9.89 Å². The summed E-state index contributed by atoms with van der Waals surface area (Å²) in [5.74, 6) is 1.43. The standard InChI is InChI=1S/C17H30N4S/c1-4-21-9-6-5-7-16(21)12-20-17(18-3)19-11-14(2)15-8-10-22-13-15/h8,10,13-14,16H,4-7,9,11-12H2,1-3H3,(H2,18,19,20). The first-order valence-electron chi connectivity index (χ1n) is 8.45. The summed E-state index contributed by atoms with van der Waals surface area (Å²) < 4.78 is 0. The van der Waals surface area contributed by atoms with E-state index in [9.17, 15) is 0 Å². The van der Waals surface area contributed by atoms with Crippen LogP contribution in [0.1, 0.15) is 44.6 Å². The highest BCUT2D eigenvalue weighted by atomic mass is 32.1. The Hall–Kier alpha value is -1.07. The van der Waals surface area contributed by atoms with Crippen molar-refractivity contribution in [2.24, 2.45) is 4.99 Å². The molecule has 4 nitrogen and oxygen atoms in total. The zero-order valence-electron chi connectivity index (χ0n) is 14.1. The Kier molecular flexibility index (Phi) is 7.19. The molecule has 2 N–H and O–H groups in total. The third kappa shape index (κ3) is 4.99. The van der Waals surface area contributed by atoms with Gasteiger partial charge in [0.25, 0.3) is 0 Å². The fourth-order valence-electron chi connectivity index (χ4n) is 3.07. The summed E-state index contributed by atoms with van der Waals surface area (Å²) in [6.45, 7) is 8.80. The molecule has 0 radical (unpaired) electrons. The lowest BCUT2D eigenvalue weighted by Gasteiger charge is -2.35. The molecule has 5 heteroatoms. The van der Waals surface area contributed by atoms with Crippen molar-refractivity contribution in [3.8, 4) is 0 Å². The fourth-order valence-corrected chi connectivity index (χ4v) is 3.85. The number of likely N-dealkylation sites (tertiary alicyclic amines) is 1. The average Bonchev–Trinajstić information content (AvgIpc) is 3.09. The van der Waals surface area contributed by atoms with E-state index in [1.807, 2.05) is 7.05 Å². The normalized spacial score (nSPS) is 21.6. The number of hydrogen-bond donors (Lipinski definition) is 2. The van der Waals surface area contributed by atoms with Crippen LogP contribution in [0.4, 0.5) is 0 Å². The minimum Gasteiger partial charge on any atom is -0.356 e. The quantitative estimate of drug-likeness (QED) is 0.625. The molecule has 0 spiro atoms. The minimum absolute atomic E-state index is 0.506. The predicted octanol–water partition coefficient (Wildman–Crippen LogP) is 2.89. The molecule has 1 aromatic heterocycles. The van der Waals surface area contributed by atoms with E-state index in [0.29, 0.717) is 12.0 Å². The monoisotopic (exact) mass is 322 g/mol. The van der Waals surface area contributed by atoms with Gasteiger partial charge >= 0.3 is 0 Å². The summed E-state index contributed by atoms with van der Waals surface area (Å²) in [7, 11) is 1.85. The van der Waals surface area contributed by atoms with Crippen molar-refractivity contribution in [1.29, 1.82) is 0 Å². The van der Waals surface area contributed by atoms with Gasteiger partial charge < -0.3 is 10.6 Å². The van der Waals surface area contributed by atoms with Gasteiger partial charge in [0.1, 0.15) is 0 Å². The first kappa shape index (κ1) is 17.3. The van der Waals surface area contributed by atoms with Crippen molar-refractivity contribution in [1.82, 2.24) is 15.5 Å². The van der Waals surface area contributed by atoms with Crippen LogP contribution in [0.25, 0.3) is 0 Å². The van der Waals surface area contributed by atoms with Gasteiger partial charge in [-0.25, -0.2) is 0 Å². The molecule has 2 atom stereocenters. The minimum atomic E-state index is 0.506. The molecule has 2 heterocycles. The van der Waals surface area contributed by atoms with Crippen LogP contribution in [-0.4, -0.2) is 50.1 Å². The Balaban J connectivity index is 1.75. The number of aliphatic imine (C=N–C) groups is 1. The van der Waals surface area contributed by atoms with Crippen LogP contribution in [0.3, 0.4) is 0 Å². The van der Waals surface area contributed by atoms with Crippen LogP contribution in [0.2, 0.25) is 0 Å². The van der Waals surface area contributed by atoms with Crippen LogP contribution < -0.4 is 10.6 Å². The maximum Gasteiger partial charge on any atom is 0.191 e. The second-order valence-electron chi connectivity index (χ2n) is 6.07. The zero-order valence-corrected chi connectivity index (χ0v) is 15.0. The fraction of sp³-hybridized carbons (Fsp3) is 0.706. The average molecular weight is 323 g/mol. The van der Waals surface area contributed by atoms with Gasteiger partial charge in [0.2, 0.25) is 0 Å². The summed E-state index contributed by atoms with van der Waals surface area (Å²) in [6.07, 6.45) is 3.99. The number of thiophene rings is 1. The summed E-state index contributed by atoms with van der Waals surface area (Å²) >= 11 is 1.76. The maximum absolute atomic E-state index is 4.36. The zero-order chi connectivity index (χ0) is 15.8. The van der Waals surface area contributed by atoms with Crippen molar-refractivity contribution in [2.45, 2.75) is 45.1 Å². The number of nitrogens with one attached hydrogen (secondary N) is 2. The second-order valence-corrected chi connectivity index (χ2v) is 6.85. The third-order valence-electron chi connectivity index (χ3n) is 4.57. The molecule has 1 aliphatic rings. The van der Waals surface area contributed by atoms with Crippen LogP contribution in [0.5, 0.6) is 0 Å². The topological polar surface area (TPSA) is 39.7 Å². The Morgan fingerprint density at radius 2 is 2.32 bits per heavy atom. The highest BCUT2D eigenvalue weighted by Crippen LogP contribution is 2.17. The van der Waals surface area contributed by atoms with E-state index in [0.717, 1.165) is 25.6 Å². The molecular formula is C17H30N4S. The summed E-state index contributed by atoms with van der Waals surface area (Å²) in [6, 6.07) is 2.85. The van der Waals surface area contributed by atoms with Gasteiger partial charge in [-0.05, 0) is 54.2 Å². The molecule has 0 amide bonds. The number of guanidine groups is 1. The van der Waals surface area contributed by atoms with Crippen molar-refractivity contribution in [3.63, 3.8) is 0 Å². The van der Waals surface area contributed by atoms with E-state index in [-0.39, 0.29) is 0 Å². The molecule has 124 valence electrons. The molecule has 2 unspecified atom stereocenters. The van der Waals surface area contributed by atoms with Gasteiger partial charge in [0.15, 0.2) is 5.96 Å². The molecule has 1 aliphatic heterocycles. The van der Waals surface area contributed by atoms with Crippen molar-refractivity contribution < 1.29 is 0 Å². The Morgan fingerprint density at radius 3 is 3.00 bits per heavy atom. The van der Waals surface area contributed by atoms with Crippen LogP contribution in [0.15, 0.2) is 21.8 Å². The number of rotatable bonds is 6. The molecule has 22 heavy (non-hydrogen) atoms. The first-order valence-corrected chi connectivity index (χ1v) is 9.39. The Bertz CT molecular complexity index is 444.